The predicted molar refractivity (Wildman–Crippen MR) is 75.2 cm³/mol. The number of benzene rings is 1. The number of aromatic nitrogens is 1. The lowest BCUT2D eigenvalue weighted by Crippen LogP contribution is -1.99. The molecule has 0 atom stereocenters. The fraction of sp³-hybridized carbons (Fsp3) is 0.0769. The Morgan fingerprint density at radius 2 is 2.11 bits per heavy atom. The Bertz CT molecular complexity index is 646. The molecule has 0 bridgehead atoms. The van der Waals surface area contributed by atoms with Gasteiger partial charge in [-0.05, 0) is 46.6 Å². The topological polar surface area (TPSA) is 59.4 Å². The summed E-state index contributed by atoms with van der Waals surface area (Å²) in [6, 6.07) is 8.12. The second-order valence-corrected chi connectivity index (χ2v) is 5.10. The van der Waals surface area contributed by atoms with E-state index in [0.717, 1.165) is 10.0 Å². The van der Waals surface area contributed by atoms with Gasteiger partial charge in [0.05, 0.1) is 10.0 Å². The summed E-state index contributed by atoms with van der Waals surface area (Å²) in [5.41, 5.74) is 1.10. The fourth-order valence-corrected chi connectivity index (χ4v) is 2.22. The van der Waals surface area contributed by atoms with Crippen LogP contribution in [0.15, 0.2) is 34.8 Å². The number of halogens is 2. The first kappa shape index (κ1) is 13.8. The maximum atomic E-state index is 10.9. The maximum absolute atomic E-state index is 10.9. The molecule has 1 aromatic carbocycles. The Balaban J connectivity index is 2.35. The van der Waals surface area contributed by atoms with Gasteiger partial charge in [0.1, 0.15) is 10.9 Å². The molecule has 0 aliphatic carbocycles. The molecule has 0 radical (unpaired) electrons. The Morgan fingerprint density at radius 3 is 2.74 bits per heavy atom. The summed E-state index contributed by atoms with van der Waals surface area (Å²) in [7, 11) is 0. The molecule has 1 aromatic heterocycles. The first-order chi connectivity index (χ1) is 8.95. The Kier molecular flexibility index (Phi) is 4.07. The van der Waals surface area contributed by atoms with Crippen LogP contribution in [0.25, 0.3) is 0 Å². The van der Waals surface area contributed by atoms with Crippen molar-refractivity contribution in [1.82, 2.24) is 4.98 Å². The molecule has 1 heterocycles. The summed E-state index contributed by atoms with van der Waals surface area (Å²) < 4.78 is 6.29. The second-order valence-electron chi connectivity index (χ2n) is 3.86. The number of carboxylic acids is 1. The van der Waals surface area contributed by atoms with Crippen LogP contribution < -0.4 is 4.74 Å². The summed E-state index contributed by atoms with van der Waals surface area (Å²) in [4.78, 5) is 14.9. The molecule has 0 aliphatic heterocycles. The molecule has 19 heavy (non-hydrogen) atoms. The van der Waals surface area contributed by atoms with E-state index in [9.17, 15) is 4.79 Å². The van der Waals surface area contributed by atoms with Gasteiger partial charge in [0.2, 0.25) is 5.88 Å². The number of pyridine rings is 1. The third-order valence-corrected chi connectivity index (χ3v) is 3.13. The van der Waals surface area contributed by atoms with Crippen molar-refractivity contribution in [2.45, 2.75) is 6.92 Å². The van der Waals surface area contributed by atoms with Gasteiger partial charge in [-0.3, -0.25) is 0 Å². The molecule has 0 unspecified atom stereocenters. The van der Waals surface area contributed by atoms with Gasteiger partial charge in [-0.25, -0.2) is 9.78 Å². The normalized spacial score (nSPS) is 10.3. The van der Waals surface area contributed by atoms with Crippen molar-refractivity contribution in [2.24, 2.45) is 0 Å². The predicted octanol–water partition coefficient (Wildman–Crippen LogP) is 4.30. The SMILES string of the molecule is Cc1ccc(Oc2cc(C(=O)O)cc(Cl)n2)c(Br)c1. The molecule has 2 rings (SSSR count). The van der Waals surface area contributed by atoms with Crippen LogP contribution in [-0.2, 0) is 0 Å². The van der Waals surface area contributed by atoms with Crippen LogP contribution in [0.5, 0.6) is 11.6 Å². The second kappa shape index (κ2) is 5.59. The van der Waals surface area contributed by atoms with Crippen LogP contribution in [0.3, 0.4) is 0 Å². The number of carbonyl (C=O) groups is 1. The molecule has 0 fully saturated rings. The third-order valence-electron chi connectivity index (χ3n) is 2.32. The van der Waals surface area contributed by atoms with E-state index in [1.54, 1.807) is 6.07 Å². The van der Waals surface area contributed by atoms with Gasteiger partial charge in [-0.15, -0.1) is 0 Å². The van der Waals surface area contributed by atoms with Crippen molar-refractivity contribution in [1.29, 1.82) is 0 Å². The third kappa shape index (κ3) is 3.45. The van der Waals surface area contributed by atoms with E-state index in [1.807, 2.05) is 19.1 Å². The number of ether oxygens (including phenoxy) is 1. The van der Waals surface area contributed by atoms with Crippen molar-refractivity contribution in [3.05, 3.63) is 51.1 Å². The van der Waals surface area contributed by atoms with Crippen LogP contribution >= 0.6 is 27.5 Å². The quantitative estimate of drug-likeness (QED) is 0.845. The number of nitrogens with zero attached hydrogens (tertiary/aromatic N) is 1. The van der Waals surface area contributed by atoms with Crippen LogP contribution in [0.2, 0.25) is 5.15 Å². The fourth-order valence-electron chi connectivity index (χ4n) is 1.45. The lowest BCUT2D eigenvalue weighted by Gasteiger charge is -2.08. The lowest BCUT2D eigenvalue weighted by molar-refractivity contribution is 0.0696. The van der Waals surface area contributed by atoms with Crippen LogP contribution in [0.1, 0.15) is 15.9 Å². The van der Waals surface area contributed by atoms with Crippen LogP contribution in [0, 0.1) is 6.92 Å². The minimum absolute atomic E-state index is 0.0261. The van der Waals surface area contributed by atoms with Crippen molar-refractivity contribution in [3.8, 4) is 11.6 Å². The van der Waals surface area contributed by atoms with Crippen LogP contribution in [-0.4, -0.2) is 16.1 Å². The van der Waals surface area contributed by atoms with E-state index in [0.29, 0.717) is 5.75 Å². The molecule has 4 nitrogen and oxygen atoms in total. The lowest BCUT2D eigenvalue weighted by atomic mass is 10.2. The van der Waals surface area contributed by atoms with E-state index in [2.05, 4.69) is 20.9 Å². The summed E-state index contributed by atoms with van der Waals surface area (Å²) in [6.45, 7) is 1.95. The zero-order valence-corrected chi connectivity index (χ0v) is 12.2. The van der Waals surface area contributed by atoms with Gasteiger partial charge in [0.15, 0.2) is 0 Å². The summed E-state index contributed by atoms with van der Waals surface area (Å²) in [6.07, 6.45) is 0. The monoisotopic (exact) mass is 341 g/mol. The number of aromatic carboxylic acids is 1. The highest BCUT2D eigenvalue weighted by Crippen LogP contribution is 2.30. The highest BCUT2D eigenvalue weighted by Gasteiger charge is 2.10. The largest absolute Gasteiger partial charge is 0.478 e. The minimum Gasteiger partial charge on any atom is -0.478 e. The van der Waals surface area contributed by atoms with E-state index >= 15 is 0 Å². The van der Waals surface area contributed by atoms with E-state index in [-0.39, 0.29) is 16.6 Å². The summed E-state index contributed by atoms with van der Waals surface area (Å²) in [5.74, 6) is -0.414. The highest BCUT2D eigenvalue weighted by atomic mass is 79.9. The summed E-state index contributed by atoms with van der Waals surface area (Å²) >= 11 is 9.13. The maximum Gasteiger partial charge on any atom is 0.335 e. The molecular formula is C13H9BrClNO3. The average Bonchev–Trinajstić information content (AvgIpc) is 2.32. The van der Waals surface area contributed by atoms with Crippen molar-refractivity contribution >= 4 is 33.5 Å². The van der Waals surface area contributed by atoms with Crippen molar-refractivity contribution < 1.29 is 14.6 Å². The zero-order valence-electron chi connectivity index (χ0n) is 9.85. The van der Waals surface area contributed by atoms with Gasteiger partial charge in [-0.1, -0.05) is 17.7 Å². The number of hydrogen-bond donors (Lipinski definition) is 1. The molecule has 6 heteroatoms. The molecule has 98 valence electrons. The Labute approximate surface area is 123 Å². The van der Waals surface area contributed by atoms with Gasteiger partial charge < -0.3 is 9.84 Å². The number of aryl methyl sites for hydroxylation is 1. The number of rotatable bonds is 3. The first-order valence-electron chi connectivity index (χ1n) is 5.30. The molecule has 0 spiro atoms. The molecule has 1 N–H and O–H groups in total. The minimum atomic E-state index is -1.09. The molecule has 0 aliphatic rings. The Hall–Kier alpha value is -1.59. The highest BCUT2D eigenvalue weighted by molar-refractivity contribution is 9.10. The smallest absolute Gasteiger partial charge is 0.335 e. The number of hydrogen-bond acceptors (Lipinski definition) is 3. The summed E-state index contributed by atoms with van der Waals surface area (Å²) in [5, 5.41) is 9.01. The first-order valence-corrected chi connectivity index (χ1v) is 6.47. The van der Waals surface area contributed by atoms with E-state index in [4.69, 9.17) is 21.4 Å². The molecule has 0 saturated carbocycles. The number of carboxylic acid groups (broad SMARTS) is 1. The van der Waals surface area contributed by atoms with E-state index < -0.39 is 5.97 Å². The van der Waals surface area contributed by atoms with E-state index in [1.165, 1.54) is 12.1 Å². The van der Waals surface area contributed by atoms with Crippen molar-refractivity contribution in [3.63, 3.8) is 0 Å². The van der Waals surface area contributed by atoms with Gasteiger partial charge >= 0.3 is 5.97 Å². The standard InChI is InChI=1S/C13H9BrClNO3/c1-7-2-3-10(9(14)4-7)19-12-6-8(13(17)18)5-11(15)16-12/h2-6H,1H3,(H,17,18). The Morgan fingerprint density at radius 1 is 1.37 bits per heavy atom. The van der Waals surface area contributed by atoms with Crippen LogP contribution in [0.4, 0.5) is 0 Å². The van der Waals surface area contributed by atoms with Gasteiger partial charge in [0, 0.05) is 6.07 Å². The molecule has 0 amide bonds. The molecular weight excluding hydrogens is 334 g/mol. The molecule has 0 saturated heterocycles. The average molecular weight is 343 g/mol. The van der Waals surface area contributed by atoms with Gasteiger partial charge in [0.25, 0.3) is 0 Å². The molecule has 2 aromatic rings. The van der Waals surface area contributed by atoms with Gasteiger partial charge in [-0.2, -0.15) is 0 Å². The zero-order chi connectivity index (χ0) is 14.0. The van der Waals surface area contributed by atoms with Crippen molar-refractivity contribution in [2.75, 3.05) is 0 Å².